The first kappa shape index (κ1) is 15.5. The second kappa shape index (κ2) is 6.02. The highest BCUT2D eigenvalue weighted by Crippen LogP contribution is 2.20. The van der Waals surface area contributed by atoms with Crippen molar-refractivity contribution in [2.24, 2.45) is 5.92 Å². The third-order valence-electron chi connectivity index (χ3n) is 4.67. The van der Waals surface area contributed by atoms with Gasteiger partial charge < -0.3 is 14.4 Å². The number of carbonyl (C=O) groups is 2. The molecule has 2 aromatic rings. The smallest absolute Gasteiger partial charge is 0.306 e. The molecule has 122 valence electrons. The molecule has 0 spiro atoms. The number of hydrogen-bond acceptors (Lipinski definition) is 3. The van der Waals surface area contributed by atoms with Gasteiger partial charge in [-0.15, -0.1) is 0 Å². The van der Waals surface area contributed by atoms with Gasteiger partial charge in [0.25, 0.3) is 5.91 Å². The molecule has 6 heteroatoms. The molecule has 2 aromatic heterocycles. The van der Waals surface area contributed by atoms with Gasteiger partial charge in [-0.3, -0.25) is 9.59 Å². The van der Waals surface area contributed by atoms with Gasteiger partial charge in [0.1, 0.15) is 5.65 Å². The van der Waals surface area contributed by atoms with E-state index >= 15 is 0 Å². The second-order valence-corrected chi connectivity index (χ2v) is 6.05. The number of likely N-dealkylation sites (tertiary alicyclic amines) is 1. The van der Waals surface area contributed by atoms with Crippen molar-refractivity contribution in [2.75, 3.05) is 13.1 Å². The summed E-state index contributed by atoms with van der Waals surface area (Å²) < 4.78 is 1.95. The van der Waals surface area contributed by atoms with Crippen LogP contribution < -0.4 is 0 Å². The van der Waals surface area contributed by atoms with Crippen molar-refractivity contribution in [1.29, 1.82) is 0 Å². The van der Waals surface area contributed by atoms with Crippen LogP contribution in [-0.4, -0.2) is 44.4 Å². The summed E-state index contributed by atoms with van der Waals surface area (Å²) in [5, 5.41) is 9.04. The number of aryl methyl sites for hydroxylation is 2. The SMILES string of the molecule is CCc1nc2ccc(C(=O)N3CCC(C(=O)O)CC3)cn2c1C. The standard InChI is InChI=1S/C17H21N3O3/c1-3-14-11(2)20-10-13(4-5-15(20)18-14)16(21)19-8-6-12(7-9-19)17(22)23/h4-5,10,12H,3,6-9H2,1-2H3,(H,22,23). The maximum absolute atomic E-state index is 12.7. The van der Waals surface area contributed by atoms with Crippen LogP contribution >= 0.6 is 0 Å². The lowest BCUT2D eigenvalue weighted by molar-refractivity contribution is -0.143. The number of piperidine rings is 1. The molecule has 0 atom stereocenters. The van der Waals surface area contributed by atoms with E-state index in [9.17, 15) is 9.59 Å². The first-order valence-corrected chi connectivity index (χ1v) is 8.01. The zero-order valence-corrected chi connectivity index (χ0v) is 13.5. The topological polar surface area (TPSA) is 74.9 Å². The number of carboxylic acid groups (broad SMARTS) is 1. The number of nitrogens with zero attached hydrogens (tertiary/aromatic N) is 3. The van der Waals surface area contributed by atoms with E-state index in [-0.39, 0.29) is 11.8 Å². The normalized spacial score (nSPS) is 16.0. The molecule has 1 aliphatic rings. The van der Waals surface area contributed by atoms with Gasteiger partial charge in [-0.05, 0) is 38.3 Å². The van der Waals surface area contributed by atoms with Gasteiger partial charge in [0.05, 0.1) is 17.2 Å². The lowest BCUT2D eigenvalue weighted by Gasteiger charge is -2.30. The van der Waals surface area contributed by atoms with E-state index in [1.807, 2.05) is 23.6 Å². The molecular weight excluding hydrogens is 294 g/mol. The van der Waals surface area contributed by atoms with Crippen LogP contribution in [0.5, 0.6) is 0 Å². The minimum absolute atomic E-state index is 0.0399. The summed E-state index contributed by atoms with van der Waals surface area (Å²) in [5.74, 6) is -1.13. The molecule has 0 radical (unpaired) electrons. The highest BCUT2D eigenvalue weighted by atomic mass is 16.4. The van der Waals surface area contributed by atoms with Crippen molar-refractivity contribution < 1.29 is 14.7 Å². The molecule has 1 fully saturated rings. The molecule has 0 saturated carbocycles. The zero-order valence-electron chi connectivity index (χ0n) is 13.5. The number of aromatic nitrogens is 2. The van der Waals surface area contributed by atoms with Gasteiger partial charge in [0, 0.05) is 25.0 Å². The van der Waals surface area contributed by atoms with Gasteiger partial charge in [0.15, 0.2) is 0 Å². The molecule has 1 N–H and O–H groups in total. The largest absolute Gasteiger partial charge is 0.481 e. The van der Waals surface area contributed by atoms with E-state index in [1.165, 1.54) is 0 Å². The van der Waals surface area contributed by atoms with E-state index in [2.05, 4.69) is 11.9 Å². The number of amides is 1. The summed E-state index contributed by atoms with van der Waals surface area (Å²) in [6.45, 7) is 5.06. The summed E-state index contributed by atoms with van der Waals surface area (Å²) >= 11 is 0. The van der Waals surface area contributed by atoms with Gasteiger partial charge >= 0.3 is 5.97 Å². The third-order valence-corrected chi connectivity index (χ3v) is 4.67. The van der Waals surface area contributed by atoms with Crippen LogP contribution in [0.4, 0.5) is 0 Å². The van der Waals surface area contributed by atoms with Crippen LogP contribution in [0.2, 0.25) is 0 Å². The van der Waals surface area contributed by atoms with E-state index in [0.29, 0.717) is 31.5 Å². The number of pyridine rings is 1. The summed E-state index contributed by atoms with van der Waals surface area (Å²) in [4.78, 5) is 29.9. The Kier molecular flexibility index (Phi) is 4.07. The van der Waals surface area contributed by atoms with Crippen LogP contribution in [0.15, 0.2) is 18.3 Å². The van der Waals surface area contributed by atoms with Crippen molar-refractivity contribution in [3.05, 3.63) is 35.3 Å². The molecule has 3 heterocycles. The Bertz CT molecular complexity index is 758. The molecule has 0 unspecified atom stereocenters. The maximum atomic E-state index is 12.7. The number of fused-ring (bicyclic) bond motifs is 1. The molecule has 0 bridgehead atoms. The molecule has 1 amide bonds. The summed E-state index contributed by atoms with van der Waals surface area (Å²) in [7, 11) is 0. The van der Waals surface area contributed by atoms with Gasteiger partial charge in [-0.1, -0.05) is 6.92 Å². The molecule has 1 saturated heterocycles. The molecule has 6 nitrogen and oxygen atoms in total. The van der Waals surface area contributed by atoms with Crippen molar-refractivity contribution in [3.8, 4) is 0 Å². The van der Waals surface area contributed by atoms with Gasteiger partial charge in [-0.2, -0.15) is 0 Å². The number of carbonyl (C=O) groups excluding carboxylic acids is 1. The molecule has 23 heavy (non-hydrogen) atoms. The highest BCUT2D eigenvalue weighted by Gasteiger charge is 2.27. The van der Waals surface area contributed by atoms with E-state index in [1.54, 1.807) is 11.0 Å². The van der Waals surface area contributed by atoms with Crippen LogP contribution in [-0.2, 0) is 11.2 Å². The zero-order chi connectivity index (χ0) is 16.6. The second-order valence-electron chi connectivity index (χ2n) is 6.05. The number of carboxylic acids is 1. The average Bonchev–Trinajstić information content (AvgIpc) is 2.90. The van der Waals surface area contributed by atoms with Crippen LogP contribution in [0.1, 0.15) is 41.5 Å². The Balaban J connectivity index is 1.81. The third kappa shape index (κ3) is 2.81. The minimum Gasteiger partial charge on any atom is -0.481 e. The molecule has 1 aliphatic heterocycles. The van der Waals surface area contributed by atoms with Crippen LogP contribution in [0.25, 0.3) is 5.65 Å². The summed E-state index contributed by atoms with van der Waals surface area (Å²) in [6.07, 6.45) is 3.74. The molecule has 0 aliphatic carbocycles. The Hall–Kier alpha value is -2.37. The maximum Gasteiger partial charge on any atom is 0.306 e. The fraction of sp³-hybridized carbons (Fsp3) is 0.471. The van der Waals surface area contributed by atoms with Crippen molar-refractivity contribution >= 4 is 17.5 Å². The quantitative estimate of drug-likeness (QED) is 0.941. The number of imidazole rings is 1. The lowest BCUT2D eigenvalue weighted by atomic mass is 9.97. The lowest BCUT2D eigenvalue weighted by Crippen LogP contribution is -2.40. The van der Waals surface area contributed by atoms with E-state index in [0.717, 1.165) is 23.5 Å². The number of rotatable bonds is 3. The predicted octanol–water partition coefficient (Wildman–Crippen LogP) is 2.14. The first-order valence-electron chi connectivity index (χ1n) is 8.01. The van der Waals surface area contributed by atoms with Gasteiger partial charge in [-0.25, -0.2) is 4.98 Å². The summed E-state index contributed by atoms with van der Waals surface area (Å²) in [5.41, 5.74) is 3.56. The number of aliphatic carboxylic acids is 1. The Labute approximate surface area is 134 Å². The van der Waals surface area contributed by atoms with Crippen molar-refractivity contribution in [2.45, 2.75) is 33.1 Å². The minimum atomic E-state index is -0.764. The number of hydrogen-bond donors (Lipinski definition) is 1. The Morgan fingerprint density at radius 1 is 1.30 bits per heavy atom. The van der Waals surface area contributed by atoms with E-state index < -0.39 is 5.97 Å². The summed E-state index contributed by atoms with van der Waals surface area (Å²) in [6, 6.07) is 3.66. The average molecular weight is 315 g/mol. The predicted molar refractivity (Wildman–Crippen MR) is 85.6 cm³/mol. The highest BCUT2D eigenvalue weighted by molar-refractivity contribution is 5.94. The fourth-order valence-corrected chi connectivity index (χ4v) is 3.18. The monoisotopic (exact) mass is 315 g/mol. The van der Waals surface area contributed by atoms with Crippen molar-refractivity contribution in [3.63, 3.8) is 0 Å². The van der Waals surface area contributed by atoms with Crippen molar-refractivity contribution in [1.82, 2.24) is 14.3 Å². The van der Waals surface area contributed by atoms with Crippen LogP contribution in [0, 0.1) is 12.8 Å². The molecule has 0 aromatic carbocycles. The van der Waals surface area contributed by atoms with Gasteiger partial charge in [0.2, 0.25) is 0 Å². The Morgan fingerprint density at radius 2 is 2.00 bits per heavy atom. The molecular formula is C17H21N3O3. The first-order chi connectivity index (χ1) is 11.0. The van der Waals surface area contributed by atoms with Crippen LogP contribution in [0.3, 0.4) is 0 Å². The molecule has 3 rings (SSSR count). The van der Waals surface area contributed by atoms with E-state index in [4.69, 9.17) is 5.11 Å². The fourth-order valence-electron chi connectivity index (χ4n) is 3.18. The Morgan fingerprint density at radius 3 is 2.61 bits per heavy atom.